The highest BCUT2D eigenvalue weighted by Crippen LogP contribution is 2.36. The Balaban J connectivity index is 2.02. The summed E-state index contributed by atoms with van der Waals surface area (Å²) in [7, 11) is 0. The van der Waals surface area contributed by atoms with E-state index in [1.165, 1.54) is 18.2 Å². The molecule has 2 aromatic carbocycles. The molecule has 0 saturated carbocycles. The number of benzene rings is 2. The molecule has 0 aliphatic carbocycles. The van der Waals surface area contributed by atoms with Gasteiger partial charge in [-0.25, -0.2) is 0 Å². The average molecular weight is 410 g/mol. The van der Waals surface area contributed by atoms with Crippen LogP contribution >= 0.6 is 11.6 Å². The molecule has 146 valence electrons. The van der Waals surface area contributed by atoms with E-state index < -0.39 is 17.6 Å². The minimum Gasteiger partial charge on any atom is -0.508 e. The predicted molar refractivity (Wildman–Crippen MR) is 98.6 cm³/mol. The third-order valence-corrected chi connectivity index (χ3v) is 3.89. The Hall–Kier alpha value is -3.18. The highest BCUT2D eigenvalue weighted by molar-refractivity contribution is 6.30. The van der Waals surface area contributed by atoms with Crippen molar-refractivity contribution >= 4 is 23.2 Å². The molecule has 0 aromatic heterocycles. The van der Waals surface area contributed by atoms with Gasteiger partial charge in [-0.15, -0.1) is 0 Å². The lowest BCUT2D eigenvalue weighted by Gasteiger charge is -2.13. The lowest BCUT2D eigenvalue weighted by Crippen LogP contribution is -2.27. The summed E-state index contributed by atoms with van der Waals surface area (Å²) in [5.41, 5.74) is -0.869. The number of nitrogens with one attached hydrogen (secondary N) is 2. The molecule has 0 spiro atoms. The summed E-state index contributed by atoms with van der Waals surface area (Å²) >= 11 is 5.61. The number of hydrogen-bond acceptors (Lipinski definition) is 4. The first-order valence-corrected chi connectivity index (χ1v) is 8.38. The Morgan fingerprint density at radius 1 is 1.21 bits per heavy atom. The number of carbonyl (C=O) groups is 1. The second-order valence-electron chi connectivity index (χ2n) is 5.67. The van der Waals surface area contributed by atoms with E-state index in [9.17, 15) is 23.1 Å². The highest BCUT2D eigenvalue weighted by atomic mass is 35.5. The Bertz CT molecular complexity index is 920. The Morgan fingerprint density at radius 3 is 2.50 bits per heavy atom. The van der Waals surface area contributed by atoms with Crippen molar-refractivity contribution in [1.82, 2.24) is 5.32 Å². The fourth-order valence-corrected chi connectivity index (χ4v) is 2.43. The number of amides is 1. The molecule has 2 aromatic rings. The number of carbonyl (C=O) groups excluding carboxylic acids is 1. The largest absolute Gasteiger partial charge is 0.508 e. The van der Waals surface area contributed by atoms with Gasteiger partial charge in [0.15, 0.2) is 0 Å². The van der Waals surface area contributed by atoms with Gasteiger partial charge in [-0.2, -0.15) is 18.4 Å². The zero-order chi connectivity index (χ0) is 20.7. The maximum atomic E-state index is 13.1. The van der Waals surface area contributed by atoms with E-state index in [1.807, 2.05) is 0 Å². The van der Waals surface area contributed by atoms with Gasteiger partial charge in [0, 0.05) is 17.8 Å². The Labute approximate surface area is 164 Å². The van der Waals surface area contributed by atoms with Crippen LogP contribution in [0.5, 0.6) is 5.75 Å². The first kappa shape index (κ1) is 21.1. The summed E-state index contributed by atoms with van der Waals surface area (Å²) in [5, 5.41) is 23.1. The number of anilines is 1. The van der Waals surface area contributed by atoms with Crippen molar-refractivity contribution in [2.24, 2.45) is 0 Å². The number of nitriles is 1. The summed E-state index contributed by atoms with van der Waals surface area (Å²) in [5.74, 6) is -0.606. The van der Waals surface area contributed by atoms with E-state index in [0.717, 1.165) is 23.9 Å². The zero-order valence-electron chi connectivity index (χ0n) is 14.3. The summed E-state index contributed by atoms with van der Waals surface area (Å²) in [6.07, 6.45) is -3.29. The third-order valence-electron chi connectivity index (χ3n) is 3.66. The number of nitrogens with zero attached hydrogens (tertiary/aromatic N) is 1. The Kier molecular flexibility index (Phi) is 6.90. The van der Waals surface area contributed by atoms with Gasteiger partial charge in [0.25, 0.3) is 5.91 Å². The molecule has 0 atom stereocenters. The van der Waals surface area contributed by atoms with Gasteiger partial charge in [-0.3, -0.25) is 4.79 Å². The summed E-state index contributed by atoms with van der Waals surface area (Å²) in [4.78, 5) is 12.1. The van der Waals surface area contributed by atoms with E-state index in [1.54, 1.807) is 18.2 Å². The van der Waals surface area contributed by atoms with Crippen molar-refractivity contribution in [3.63, 3.8) is 0 Å². The molecule has 0 bridgehead atoms. The maximum Gasteiger partial charge on any atom is 0.418 e. The summed E-state index contributed by atoms with van der Waals surface area (Å²) in [6.45, 7) is 0.206. The molecule has 0 unspecified atom stereocenters. The zero-order valence-corrected chi connectivity index (χ0v) is 15.1. The van der Waals surface area contributed by atoms with Crippen LogP contribution in [0.25, 0.3) is 0 Å². The van der Waals surface area contributed by atoms with E-state index in [-0.39, 0.29) is 28.6 Å². The fourth-order valence-electron chi connectivity index (χ4n) is 2.25. The van der Waals surface area contributed by atoms with Crippen molar-refractivity contribution in [3.05, 3.63) is 70.4 Å². The minimum atomic E-state index is -4.65. The smallest absolute Gasteiger partial charge is 0.418 e. The molecule has 5 nitrogen and oxygen atoms in total. The number of phenols is 1. The molecule has 9 heteroatoms. The van der Waals surface area contributed by atoms with Crippen molar-refractivity contribution in [2.45, 2.75) is 12.6 Å². The van der Waals surface area contributed by atoms with Gasteiger partial charge in [-0.05, 0) is 42.3 Å². The first-order chi connectivity index (χ1) is 13.2. The number of alkyl halides is 3. The van der Waals surface area contributed by atoms with Crippen LogP contribution < -0.4 is 10.6 Å². The third kappa shape index (κ3) is 5.93. The van der Waals surface area contributed by atoms with Crippen LogP contribution in [0.15, 0.2) is 54.2 Å². The molecular formula is C19H15ClF3N3O2. The number of halogens is 4. The molecule has 3 N–H and O–H groups in total. The van der Waals surface area contributed by atoms with Crippen LogP contribution in [0.4, 0.5) is 18.9 Å². The number of phenolic OH excluding ortho intramolecular Hbond substituents is 1. The quantitative estimate of drug-likeness (QED) is 0.492. The van der Waals surface area contributed by atoms with Crippen LogP contribution in [-0.4, -0.2) is 17.6 Å². The van der Waals surface area contributed by atoms with Crippen LogP contribution in [0.2, 0.25) is 5.02 Å². The molecule has 0 fully saturated rings. The number of rotatable bonds is 6. The second-order valence-corrected chi connectivity index (χ2v) is 6.11. The predicted octanol–water partition coefficient (Wildman–Crippen LogP) is 4.24. The van der Waals surface area contributed by atoms with Crippen molar-refractivity contribution in [3.8, 4) is 11.8 Å². The van der Waals surface area contributed by atoms with Crippen LogP contribution in [-0.2, 0) is 17.4 Å². The average Bonchev–Trinajstić information content (AvgIpc) is 2.64. The van der Waals surface area contributed by atoms with Crippen molar-refractivity contribution in [1.29, 1.82) is 5.26 Å². The Morgan fingerprint density at radius 2 is 1.89 bits per heavy atom. The van der Waals surface area contributed by atoms with Gasteiger partial charge in [0.1, 0.15) is 17.4 Å². The van der Waals surface area contributed by atoms with E-state index in [4.69, 9.17) is 16.9 Å². The highest BCUT2D eigenvalue weighted by Gasteiger charge is 2.33. The van der Waals surface area contributed by atoms with Crippen molar-refractivity contribution < 1.29 is 23.1 Å². The van der Waals surface area contributed by atoms with E-state index in [2.05, 4.69) is 10.6 Å². The topological polar surface area (TPSA) is 85.2 Å². The molecule has 0 saturated heterocycles. The molecule has 0 radical (unpaired) electrons. The van der Waals surface area contributed by atoms with Gasteiger partial charge >= 0.3 is 6.18 Å². The van der Waals surface area contributed by atoms with Gasteiger partial charge in [0.2, 0.25) is 0 Å². The molecule has 0 aliphatic heterocycles. The molecule has 28 heavy (non-hydrogen) atoms. The SMILES string of the molecule is N#C/C(=C/Nc1ccc(Cl)cc1C(F)(F)F)C(=O)NCCc1ccc(O)cc1. The van der Waals surface area contributed by atoms with Crippen LogP contribution in [0, 0.1) is 11.3 Å². The monoisotopic (exact) mass is 409 g/mol. The molecular weight excluding hydrogens is 395 g/mol. The molecule has 2 rings (SSSR count). The van der Waals surface area contributed by atoms with Crippen LogP contribution in [0.3, 0.4) is 0 Å². The first-order valence-electron chi connectivity index (χ1n) is 8.00. The fraction of sp³-hybridized carbons (Fsp3) is 0.158. The van der Waals surface area contributed by atoms with E-state index >= 15 is 0 Å². The van der Waals surface area contributed by atoms with Crippen molar-refractivity contribution in [2.75, 3.05) is 11.9 Å². The van der Waals surface area contributed by atoms with Gasteiger partial charge < -0.3 is 15.7 Å². The normalized spacial score (nSPS) is 11.6. The minimum absolute atomic E-state index is 0.0886. The molecule has 0 aliphatic rings. The summed E-state index contributed by atoms with van der Waals surface area (Å²) < 4.78 is 39.2. The molecule has 0 heterocycles. The van der Waals surface area contributed by atoms with Gasteiger partial charge in [0.05, 0.1) is 11.3 Å². The summed E-state index contributed by atoms with van der Waals surface area (Å²) in [6, 6.07) is 11.1. The maximum absolute atomic E-state index is 13.1. The lowest BCUT2D eigenvalue weighted by atomic mass is 10.1. The lowest BCUT2D eigenvalue weighted by molar-refractivity contribution is -0.136. The van der Waals surface area contributed by atoms with Gasteiger partial charge in [-0.1, -0.05) is 23.7 Å². The molecule has 1 amide bonds. The standard InChI is InChI=1S/C19H15ClF3N3O2/c20-14-3-6-17(16(9-14)19(21,22)23)26-11-13(10-24)18(28)25-8-7-12-1-4-15(27)5-2-12/h1-6,9,11,26-27H,7-8H2,(H,25,28)/b13-11-. The van der Waals surface area contributed by atoms with E-state index in [0.29, 0.717) is 6.42 Å². The van der Waals surface area contributed by atoms with Crippen LogP contribution in [0.1, 0.15) is 11.1 Å². The number of hydrogen-bond donors (Lipinski definition) is 3. The second kappa shape index (κ2) is 9.15. The number of aromatic hydroxyl groups is 1.